The van der Waals surface area contributed by atoms with Gasteiger partial charge in [0.15, 0.2) is 0 Å². The van der Waals surface area contributed by atoms with Crippen LogP contribution in [-0.2, 0) is 4.79 Å². The molecule has 0 N–H and O–H groups in total. The van der Waals surface area contributed by atoms with Gasteiger partial charge in [-0.1, -0.05) is 6.92 Å². The Hall–Kier alpha value is -1.78. The molecule has 142 valence electrons. The molecule has 2 saturated carbocycles. The van der Waals surface area contributed by atoms with Crippen LogP contribution in [-0.4, -0.2) is 46.8 Å². The lowest BCUT2D eigenvalue weighted by Crippen LogP contribution is -2.49. The Balaban J connectivity index is 1.35. The zero-order valence-electron chi connectivity index (χ0n) is 15.7. The molecule has 2 aliphatic carbocycles. The Labute approximate surface area is 155 Å². The van der Waals surface area contributed by atoms with Crippen LogP contribution < -0.4 is 0 Å². The van der Waals surface area contributed by atoms with E-state index in [2.05, 4.69) is 11.8 Å². The molecule has 0 bridgehead atoms. The van der Waals surface area contributed by atoms with Gasteiger partial charge >= 0.3 is 0 Å². The van der Waals surface area contributed by atoms with E-state index in [1.165, 1.54) is 51.1 Å². The summed E-state index contributed by atoms with van der Waals surface area (Å²) in [6, 6.07) is 2.65. The maximum Gasteiger partial charge on any atom is 0.257 e. The van der Waals surface area contributed by atoms with Crippen LogP contribution in [0, 0.1) is 11.8 Å². The van der Waals surface area contributed by atoms with E-state index in [-0.39, 0.29) is 11.8 Å². The minimum Gasteiger partial charge on any atom is -0.472 e. The molecule has 1 aromatic heterocycles. The first-order valence-electron chi connectivity index (χ1n) is 10.3. The first-order chi connectivity index (χ1) is 12.6. The van der Waals surface area contributed by atoms with Crippen molar-refractivity contribution in [1.82, 2.24) is 9.80 Å². The number of rotatable bonds is 4. The van der Waals surface area contributed by atoms with Gasteiger partial charge in [-0.05, 0) is 63.4 Å². The first kappa shape index (κ1) is 17.6. The van der Waals surface area contributed by atoms with E-state index in [9.17, 15) is 9.59 Å². The number of hydrogen-bond donors (Lipinski definition) is 0. The second-order valence-electron chi connectivity index (χ2n) is 8.47. The van der Waals surface area contributed by atoms with Crippen LogP contribution in [0.1, 0.15) is 68.6 Å². The number of amides is 2. The quantitative estimate of drug-likeness (QED) is 0.825. The largest absolute Gasteiger partial charge is 0.472 e. The van der Waals surface area contributed by atoms with Crippen LogP contribution in [0.3, 0.4) is 0 Å². The summed E-state index contributed by atoms with van der Waals surface area (Å²) in [7, 11) is 0. The average Bonchev–Trinajstić information content (AvgIpc) is 3.34. The van der Waals surface area contributed by atoms with Crippen molar-refractivity contribution in [3.8, 4) is 0 Å². The van der Waals surface area contributed by atoms with Crippen molar-refractivity contribution in [1.29, 1.82) is 0 Å². The SMILES string of the molecule is CC1CCC(N(C(=O)C2CCN(C(=O)c3ccoc3)CC2)C2CC2)CC1. The number of hydrogen-bond acceptors (Lipinski definition) is 3. The zero-order chi connectivity index (χ0) is 18.1. The van der Waals surface area contributed by atoms with Gasteiger partial charge in [-0.2, -0.15) is 0 Å². The van der Waals surface area contributed by atoms with E-state index < -0.39 is 0 Å². The van der Waals surface area contributed by atoms with Gasteiger partial charge in [0.1, 0.15) is 6.26 Å². The molecule has 3 fully saturated rings. The van der Waals surface area contributed by atoms with Crippen molar-refractivity contribution in [3.05, 3.63) is 24.2 Å². The highest BCUT2D eigenvalue weighted by molar-refractivity contribution is 5.94. The Kier molecular flexibility index (Phi) is 5.05. The summed E-state index contributed by atoms with van der Waals surface area (Å²) >= 11 is 0. The molecule has 0 aromatic carbocycles. The lowest BCUT2D eigenvalue weighted by molar-refractivity contribution is -0.141. The molecule has 1 saturated heterocycles. The fourth-order valence-corrected chi connectivity index (χ4v) is 4.64. The lowest BCUT2D eigenvalue weighted by Gasteiger charge is -2.40. The molecule has 0 radical (unpaired) electrons. The summed E-state index contributed by atoms with van der Waals surface area (Å²) in [5, 5.41) is 0. The van der Waals surface area contributed by atoms with Gasteiger partial charge in [-0.25, -0.2) is 0 Å². The third kappa shape index (κ3) is 3.67. The van der Waals surface area contributed by atoms with Gasteiger partial charge in [0.2, 0.25) is 5.91 Å². The van der Waals surface area contributed by atoms with E-state index in [0.29, 0.717) is 36.6 Å². The van der Waals surface area contributed by atoms with E-state index in [1.807, 2.05) is 4.90 Å². The molecule has 0 spiro atoms. The summed E-state index contributed by atoms with van der Waals surface area (Å²) in [6.45, 7) is 3.66. The number of carbonyl (C=O) groups is 2. The molecule has 1 aromatic rings. The maximum atomic E-state index is 13.3. The molecule has 4 rings (SSSR count). The molecule has 3 aliphatic rings. The summed E-state index contributed by atoms with van der Waals surface area (Å²) in [5.74, 6) is 1.27. The summed E-state index contributed by atoms with van der Waals surface area (Å²) < 4.78 is 5.02. The van der Waals surface area contributed by atoms with Gasteiger partial charge in [0.05, 0.1) is 11.8 Å². The third-order valence-corrected chi connectivity index (χ3v) is 6.47. The Bertz CT molecular complexity index is 622. The van der Waals surface area contributed by atoms with Gasteiger partial charge in [0, 0.05) is 31.1 Å². The minimum atomic E-state index is 0.0185. The fraction of sp³-hybridized carbons (Fsp3) is 0.714. The summed E-state index contributed by atoms with van der Waals surface area (Å²) in [4.78, 5) is 29.8. The molecular weight excluding hydrogens is 328 g/mol. The van der Waals surface area contributed by atoms with Crippen LogP contribution in [0.4, 0.5) is 0 Å². The molecule has 5 heteroatoms. The second-order valence-corrected chi connectivity index (χ2v) is 8.47. The zero-order valence-corrected chi connectivity index (χ0v) is 15.7. The highest BCUT2D eigenvalue weighted by atomic mass is 16.3. The highest BCUT2D eigenvalue weighted by Crippen LogP contribution is 2.37. The lowest BCUT2D eigenvalue weighted by atomic mass is 9.85. The normalized spacial score (nSPS) is 27.3. The van der Waals surface area contributed by atoms with Crippen molar-refractivity contribution >= 4 is 11.8 Å². The fourth-order valence-electron chi connectivity index (χ4n) is 4.64. The molecule has 5 nitrogen and oxygen atoms in total. The van der Waals surface area contributed by atoms with Crippen LogP contribution in [0.5, 0.6) is 0 Å². The van der Waals surface area contributed by atoms with Gasteiger partial charge in [-0.15, -0.1) is 0 Å². The standard InChI is InChI=1S/C21H30N2O3/c1-15-2-4-18(5-3-15)23(19-6-7-19)21(25)16-8-11-22(12-9-16)20(24)17-10-13-26-14-17/h10,13-16,18-19H,2-9,11-12H2,1H3. The van der Waals surface area contributed by atoms with E-state index in [1.54, 1.807) is 6.07 Å². The Morgan fingerprint density at radius 2 is 1.62 bits per heavy atom. The second kappa shape index (κ2) is 7.45. The van der Waals surface area contributed by atoms with Crippen LogP contribution in [0.25, 0.3) is 0 Å². The van der Waals surface area contributed by atoms with Crippen LogP contribution in [0.15, 0.2) is 23.0 Å². The van der Waals surface area contributed by atoms with Crippen LogP contribution >= 0.6 is 0 Å². The minimum absolute atomic E-state index is 0.0185. The third-order valence-electron chi connectivity index (χ3n) is 6.47. The van der Waals surface area contributed by atoms with Crippen molar-refractivity contribution < 1.29 is 14.0 Å². The molecule has 2 heterocycles. The molecule has 26 heavy (non-hydrogen) atoms. The number of likely N-dealkylation sites (tertiary alicyclic amines) is 1. The summed E-state index contributed by atoms with van der Waals surface area (Å²) in [6.07, 6.45) is 11.8. The van der Waals surface area contributed by atoms with Gasteiger partial charge in [-0.3, -0.25) is 9.59 Å². The molecule has 0 unspecified atom stereocenters. The van der Waals surface area contributed by atoms with Gasteiger partial charge in [0.25, 0.3) is 5.91 Å². The summed E-state index contributed by atoms with van der Waals surface area (Å²) in [5.41, 5.74) is 0.603. The van der Waals surface area contributed by atoms with E-state index >= 15 is 0 Å². The van der Waals surface area contributed by atoms with Gasteiger partial charge < -0.3 is 14.2 Å². The number of nitrogens with zero attached hydrogens (tertiary/aromatic N) is 2. The number of furan rings is 1. The van der Waals surface area contributed by atoms with Crippen molar-refractivity contribution in [3.63, 3.8) is 0 Å². The predicted octanol–water partition coefficient (Wildman–Crippen LogP) is 3.70. The molecule has 0 atom stereocenters. The Morgan fingerprint density at radius 3 is 2.15 bits per heavy atom. The van der Waals surface area contributed by atoms with E-state index in [0.717, 1.165) is 18.8 Å². The topological polar surface area (TPSA) is 53.8 Å². The number of piperidine rings is 1. The highest BCUT2D eigenvalue weighted by Gasteiger charge is 2.41. The van der Waals surface area contributed by atoms with Crippen molar-refractivity contribution in [2.45, 2.75) is 70.4 Å². The van der Waals surface area contributed by atoms with Crippen molar-refractivity contribution in [2.75, 3.05) is 13.1 Å². The molecular formula is C21H30N2O3. The number of carbonyl (C=O) groups excluding carboxylic acids is 2. The van der Waals surface area contributed by atoms with E-state index in [4.69, 9.17) is 4.42 Å². The van der Waals surface area contributed by atoms with Crippen molar-refractivity contribution in [2.24, 2.45) is 11.8 Å². The maximum absolute atomic E-state index is 13.3. The first-order valence-corrected chi connectivity index (χ1v) is 10.3. The Morgan fingerprint density at radius 1 is 1.00 bits per heavy atom. The van der Waals surface area contributed by atoms with Crippen LogP contribution in [0.2, 0.25) is 0 Å². The molecule has 2 amide bonds. The average molecular weight is 358 g/mol. The molecule has 1 aliphatic heterocycles. The monoisotopic (exact) mass is 358 g/mol. The smallest absolute Gasteiger partial charge is 0.257 e. The predicted molar refractivity (Wildman–Crippen MR) is 98.6 cm³/mol.